The molecule has 0 bridgehead atoms. The van der Waals surface area contributed by atoms with Crippen molar-refractivity contribution in [3.8, 4) is 0 Å². The summed E-state index contributed by atoms with van der Waals surface area (Å²) >= 11 is 0. The monoisotopic (exact) mass is 379 g/mol. The Balaban J connectivity index is 1.44. The summed E-state index contributed by atoms with van der Waals surface area (Å²) in [6.07, 6.45) is 4.18. The molecule has 2 aliphatic rings. The fourth-order valence-electron chi connectivity index (χ4n) is 3.91. The molecular weight excluding hydrogens is 350 g/mol. The molecule has 0 spiro atoms. The minimum absolute atomic E-state index is 0.0540. The molecule has 3 rings (SSSR count). The molecule has 1 heterocycles. The van der Waals surface area contributed by atoms with Crippen molar-refractivity contribution in [3.63, 3.8) is 0 Å². The van der Waals surface area contributed by atoms with Gasteiger partial charge in [-0.3, -0.25) is 0 Å². The van der Waals surface area contributed by atoms with Gasteiger partial charge in [0.05, 0.1) is 5.75 Å². The predicted octanol–water partition coefficient (Wildman–Crippen LogP) is 2.39. The van der Waals surface area contributed by atoms with E-state index in [1.165, 1.54) is 9.87 Å². The molecule has 0 aromatic heterocycles. The van der Waals surface area contributed by atoms with Crippen LogP contribution in [-0.2, 0) is 10.0 Å². The fourth-order valence-corrected chi connectivity index (χ4v) is 5.00. The summed E-state index contributed by atoms with van der Waals surface area (Å²) < 4.78 is 25.3. The Morgan fingerprint density at radius 2 is 1.65 bits per heavy atom. The molecule has 1 saturated heterocycles. The molecule has 1 aliphatic carbocycles. The quantitative estimate of drug-likeness (QED) is 0.873. The van der Waals surface area contributed by atoms with Crippen LogP contribution in [0.25, 0.3) is 0 Å². The Morgan fingerprint density at radius 1 is 1.04 bits per heavy atom. The van der Waals surface area contributed by atoms with Gasteiger partial charge in [-0.15, -0.1) is 0 Å². The summed E-state index contributed by atoms with van der Waals surface area (Å²) in [6, 6.07) is 10.8. The van der Waals surface area contributed by atoms with Crippen LogP contribution in [0, 0.1) is 0 Å². The molecule has 1 aliphatic heterocycles. The largest absolute Gasteiger partial charge is 0.335 e. The number of hydrogen-bond donors (Lipinski definition) is 1. The SMILES string of the molecule is CCS(=O)(=O)N1CCN(C(=O)NC2CCC(c3ccccc3)CC2)CC1. The molecule has 0 unspecified atom stereocenters. The number of carbonyl (C=O) groups is 1. The van der Waals surface area contributed by atoms with E-state index in [2.05, 4.69) is 29.6 Å². The Bertz CT molecular complexity index is 692. The summed E-state index contributed by atoms with van der Waals surface area (Å²) in [5, 5.41) is 3.15. The van der Waals surface area contributed by atoms with Gasteiger partial charge in [0.1, 0.15) is 0 Å². The van der Waals surface area contributed by atoms with Crippen LogP contribution in [0.1, 0.15) is 44.1 Å². The second-order valence-corrected chi connectivity index (χ2v) is 9.45. The molecule has 1 N–H and O–H groups in total. The van der Waals surface area contributed by atoms with Gasteiger partial charge < -0.3 is 10.2 Å². The first kappa shape index (κ1) is 19.2. The summed E-state index contributed by atoms with van der Waals surface area (Å²) in [6.45, 7) is 3.36. The average molecular weight is 380 g/mol. The predicted molar refractivity (Wildman–Crippen MR) is 103 cm³/mol. The zero-order valence-corrected chi connectivity index (χ0v) is 16.2. The van der Waals surface area contributed by atoms with E-state index in [9.17, 15) is 13.2 Å². The Morgan fingerprint density at radius 3 is 2.23 bits per heavy atom. The van der Waals surface area contributed by atoms with Crippen LogP contribution in [0.2, 0.25) is 0 Å². The lowest BCUT2D eigenvalue weighted by Crippen LogP contribution is -2.55. The van der Waals surface area contributed by atoms with E-state index >= 15 is 0 Å². The summed E-state index contributed by atoms with van der Waals surface area (Å²) in [5.41, 5.74) is 1.39. The van der Waals surface area contributed by atoms with Crippen molar-refractivity contribution in [1.29, 1.82) is 0 Å². The Kier molecular flexibility index (Phi) is 6.19. The molecule has 2 amide bonds. The van der Waals surface area contributed by atoms with E-state index in [1.807, 2.05) is 6.07 Å². The number of benzene rings is 1. The summed E-state index contributed by atoms with van der Waals surface area (Å²) in [7, 11) is -3.16. The van der Waals surface area contributed by atoms with Crippen LogP contribution >= 0.6 is 0 Å². The molecule has 0 radical (unpaired) electrons. The number of hydrogen-bond acceptors (Lipinski definition) is 3. The highest BCUT2D eigenvalue weighted by Crippen LogP contribution is 2.32. The zero-order valence-electron chi connectivity index (χ0n) is 15.4. The van der Waals surface area contributed by atoms with Gasteiger partial charge in [-0.25, -0.2) is 13.2 Å². The molecule has 144 valence electrons. The van der Waals surface area contributed by atoms with Crippen molar-refractivity contribution in [1.82, 2.24) is 14.5 Å². The van der Waals surface area contributed by atoms with Gasteiger partial charge in [-0.05, 0) is 44.1 Å². The first-order valence-electron chi connectivity index (χ1n) is 9.58. The van der Waals surface area contributed by atoms with Crippen LogP contribution in [0.3, 0.4) is 0 Å². The molecule has 7 heteroatoms. The molecule has 26 heavy (non-hydrogen) atoms. The minimum Gasteiger partial charge on any atom is -0.335 e. The van der Waals surface area contributed by atoms with Crippen LogP contribution in [-0.4, -0.2) is 61.6 Å². The van der Waals surface area contributed by atoms with Crippen LogP contribution in [0.15, 0.2) is 30.3 Å². The minimum atomic E-state index is -3.16. The smallest absolute Gasteiger partial charge is 0.317 e. The fraction of sp³-hybridized carbons (Fsp3) is 0.632. The number of nitrogens with one attached hydrogen (secondary N) is 1. The lowest BCUT2D eigenvalue weighted by atomic mass is 9.82. The molecule has 1 aromatic carbocycles. The van der Waals surface area contributed by atoms with Crippen molar-refractivity contribution >= 4 is 16.1 Å². The molecule has 1 aromatic rings. The van der Waals surface area contributed by atoms with Crippen LogP contribution < -0.4 is 5.32 Å². The average Bonchev–Trinajstić information content (AvgIpc) is 2.69. The number of carbonyl (C=O) groups excluding carboxylic acids is 1. The third-order valence-corrected chi connectivity index (χ3v) is 7.49. The third kappa shape index (κ3) is 4.57. The molecule has 6 nitrogen and oxygen atoms in total. The van der Waals surface area contributed by atoms with Gasteiger partial charge in [-0.1, -0.05) is 30.3 Å². The van der Waals surface area contributed by atoms with Crippen molar-refractivity contribution in [2.45, 2.75) is 44.6 Å². The van der Waals surface area contributed by atoms with Gasteiger partial charge in [-0.2, -0.15) is 4.31 Å². The third-order valence-electron chi connectivity index (χ3n) is 5.61. The first-order valence-corrected chi connectivity index (χ1v) is 11.2. The van der Waals surface area contributed by atoms with Crippen LogP contribution in [0.5, 0.6) is 0 Å². The van der Waals surface area contributed by atoms with E-state index in [1.54, 1.807) is 11.8 Å². The second kappa shape index (κ2) is 8.39. The highest BCUT2D eigenvalue weighted by molar-refractivity contribution is 7.89. The molecule has 2 fully saturated rings. The van der Waals surface area contributed by atoms with Crippen molar-refractivity contribution in [3.05, 3.63) is 35.9 Å². The van der Waals surface area contributed by atoms with Crippen molar-refractivity contribution in [2.24, 2.45) is 0 Å². The number of piperazine rings is 1. The van der Waals surface area contributed by atoms with Crippen LogP contribution in [0.4, 0.5) is 4.79 Å². The first-order chi connectivity index (χ1) is 12.5. The number of nitrogens with zero attached hydrogens (tertiary/aromatic N) is 2. The van der Waals surface area contributed by atoms with Gasteiger partial charge in [0, 0.05) is 32.2 Å². The highest BCUT2D eigenvalue weighted by atomic mass is 32.2. The molecular formula is C19H29N3O3S. The number of sulfonamides is 1. The lowest BCUT2D eigenvalue weighted by molar-refractivity contribution is 0.165. The Hall–Kier alpha value is -1.60. The maximum Gasteiger partial charge on any atom is 0.317 e. The second-order valence-electron chi connectivity index (χ2n) is 7.20. The highest BCUT2D eigenvalue weighted by Gasteiger charge is 2.29. The molecule has 0 atom stereocenters. The normalized spacial score (nSPS) is 25.0. The number of amides is 2. The number of rotatable bonds is 4. The standard InChI is InChI=1S/C19H29N3O3S/c1-2-26(24,25)22-14-12-21(13-15-22)19(23)20-18-10-8-17(9-11-18)16-6-4-3-5-7-16/h3-7,17-18H,2,8-15H2,1H3,(H,20,23). The lowest BCUT2D eigenvalue weighted by Gasteiger charge is -2.36. The molecule has 1 saturated carbocycles. The summed E-state index contributed by atoms with van der Waals surface area (Å²) in [4.78, 5) is 14.2. The maximum absolute atomic E-state index is 12.5. The topological polar surface area (TPSA) is 69.7 Å². The van der Waals surface area contributed by atoms with E-state index in [0.717, 1.165) is 25.7 Å². The van der Waals surface area contributed by atoms with Gasteiger partial charge in [0.15, 0.2) is 0 Å². The van der Waals surface area contributed by atoms with Gasteiger partial charge in [0.2, 0.25) is 10.0 Å². The van der Waals surface area contributed by atoms with E-state index < -0.39 is 10.0 Å². The van der Waals surface area contributed by atoms with E-state index in [-0.39, 0.29) is 17.8 Å². The Labute approximate surface area is 156 Å². The van der Waals surface area contributed by atoms with Crippen molar-refractivity contribution in [2.75, 3.05) is 31.9 Å². The summed E-state index contributed by atoms with van der Waals surface area (Å²) in [5.74, 6) is 0.705. The van der Waals surface area contributed by atoms with Gasteiger partial charge >= 0.3 is 6.03 Å². The zero-order chi connectivity index (χ0) is 18.6. The van der Waals surface area contributed by atoms with E-state index in [0.29, 0.717) is 32.1 Å². The maximum atomic E-state index is 12.5. The number of urea groups is 1. The van der Waals surface area contributed by atoms with E-state index in [4.69, 9.17) is 0 Å². The van der Waals surface area contributed by atoms with Crippen molar-refractivity contribution < 1.29 is 13.2 Å². The van der Waals surface area contributed by atoms with Gasteiger partial charge in [0.25, 0.3) is 0 Å².